The van der Waals surface area contributed by atoms with Crippen LogP contribution in [-0.4, -0.2) is 59.6 Å². The summed E-state index contributed by atoms with van der Waals surface area (Å²) in [5, 5.41) is 24.1. The Morgan fingerprint density at radius 1 is 0.542 bits per heavy atom. The van der Waals surface area contributed by atoms with E-state index in [-0.39, 0.29) is 37.9 Å². The van der Waals surface area contributed by atoms with E-state index in [0.29, 0.717) is 0 Å². The molecule has 4 aromatic rings. The van der Waals surface area contributed by atoms with Gasteiger partial charge in [0.25, 0.3) is 0 Å². The molecule has 0 radical (unpaired) electrons. The highest BCUT2D eigenvalue weighted by atomic mass is 16.6. The number of fused-ring (bicyclic) bond motifs is 6. The van der Waals surface area contributed by atoms with E-state index in [1.807, 2.05) is 97.1 Å². The van der Waals surface area contributed by atoms with Crippen LogP contribution in [0.15, 0.2) is 109 Å². The van der Waals surface area contributed by atoms with Gasteiger partial charge in [0.15, 0.2) is 0 Å². The summed E-state index contributed by atoms with van der Waals surface area (Å²) in [5.74, 6) is -2.91. The number of carboxylic acid groups (broad SMARTS) is 2. The quantitative estimate of drug-likeness (QED) is 0.131. The fourth-order valence-corrected chi connectivity index (χ4v) is 6.47. The molecule has 0 aliphatic heterocycles. The van der Waals surface area contributed by atoms with E-state index >= 15 is 0 Å². The van der Waals surface area contributed by atoms with Crippen LogP contribution in [0.25, 0.3) is 22.3 Å². The molecule has 0 fully saturated rings. The molecule has 0 heterocycles. The first-order valence-electron chi connectivity index (χ1n) is 15.7. The minimum atomic E-state index is -1.31. The van der Waals surface area contributed by atoms with Crippen LogP contribution in [0, 0.1) is 0 Å². The van der Waals surface area contributed by atoms with Gasteiger partial charge in [-0.1, -0.05) is 109 Å². The summed E-state index contributed by atoms with van der Waals surface area (Å²) >= 11 is 0. The van der Waals surface area contributed by atoms with E-state index in [2.05, 4.69) is 10.6 Å². The number of carbonyl (C=O) groups is 4. The second kappa shape index (κ2) is 14.3. The number of hydrogen-bond acceptors (Lipinski definition) is 6. The molecular weight excluding hydrogens is 612 g/mol. The molecule has 0 aromatic heterocycles. The predicted octanol–water partition coefficient (Wildman–Crippen LogP) is 6.31. The second-order valence-corrected chi connectivity index (χ2v) is 11.7. The number of nitrogens with one attached hydrogen (secondary N) is 2. The molecule has 6 rings (SSSR count). The smallest absolute Gasteiger partial charge is 0.407 e. The lowest BCUT2D eigenvalue weighted by Gasteiger charge is -2.17. The number of carbonyl (C=O) groups excluding carboxylic acids is 2. The van der Waals surface area contributed by atoms with E-state index < -0.39 is 36.2 Å². The third-order valence-electron chi connectivity index (χ3n) is 8.78. The molecule has 244 valence electrons. The molecule has 0 spiro atoms. The molecule has 48 heavy (non-hydrogen) atoms. The molecule has 0 saturated carbocycles. The van der Waals surface area contributed by atoms with Gasteiger partial charge in [-0.25, -0.2) is 19.2 Å². The summed E-state index contributed by atoms with van der Waals surface area (Å²) < 4.78 is 10.9. The summed E-state index contributed by atoms with van der Waals surface area (Å²) in [5.41, 5.74) is 8.42. The minimum absolute atomic E-state index is 0.0316. The van der Waals surface area contributed by atoms with Gasteiger partial charge in [-0.05, 0) is 57.3 Å². The Morgan fingerprint density at radius 3 is 1.12 bits per heavy atom. The van der Waals surface area contributed by atoms with Crippen LogP contribution in [-0.2, 0) is 19.1 Å². The number of aliphatic carboxylic acids is 2. The molecule has 4 N–H and O–H groups in total. The standard InChI is InChI=1S/C38H34N2O8/c41-35(42)33(39-37(45)47-21-31-27-15-5-1-11-23(27)24-12-2-6-16-28(24)31)19-9-10-20-34(36(43)44)40-38(46)48-22-32-29-17-7-3-13-25(29)26-14-4-8-18-30(26)32/h1-18,31-34H,19-22H2,(H,39,45)(H,40,46)(H,41,42)(H,43,44)/t33-,34-/m0/s1. The molecule has 0 unspecified atom stereocenters. The van der Waals surface area contributed by atoms with Crippen molar-refractivity contribution in [3.8, 4) is 22.3 Å². The van der Waals surface area contributed by atoms with E-state index in [4.69, 9.17) is 9.47 Å². The highest BCUT2D eigenvalue weighted by Crippen LogP contribution is 2.45. The van der Waals surface area contributed by atoms with E-state index in [1.165, 1.54) is 12.2 Å². The Morgan fingerprint density at radius 2 is 0.833 bits per heavy atom. The van der Waals surface area contributed by atoms with E-state index in [0.717, 1.165) is 44.5 Å². The van der Waals surface area contributed by atoms with Crippen LogP contribution in [0.4, 0.5) is 9.59 Å². The lowest BCUT2D eigenvalue weighted by atomic mass is 9.98. The maximum absolute atomic E-state index is 12.6. The van der Waals surface area contributed by atoms with Crippen molar-refractivity contribution in [2.45, 2.75) is 36.8 Å². The monoisotopic (exact) mass is 646 g/mol. The number of alkyl carbamates (subject to hydrolysis) is 2. The SMILES string of the molecule is O=C(N[C@@H](CC=CC[C@H](NC(=O)OCC1c2ccccc2-c2ccccc21)C(=O)O)C(=O)O)OCC1c2ccccc2-c2ccccc21. The highest BCUT2D eigenvalue weighted by Gasteiger charge is 2.31. The van der Waals surface area contributed by atoms with Crippen molar-refractivity contribution in [3.05, 3.63) is 131 Å². The molecule has 0 saturated heterocycles. The first-order valence-corrected chi connectivity index (χ1v) is 15.7. The van der Waals surface area contributed by atoms with Crippen LogP contribution in [0.1, 0.15) is 46.9 Å². The summed E-state index contributed by atoms with van der Waals surface area (Å²) in [4.78, 5) is 49.0. The number of amides is 2. The Kier molecular flexibility index (Phi) is 9.52. The lowest BCUT2D eigenvalue weighted by molar-refractivity contribution is -0.140. The third kappa shape index (κ3) is 6.78. The van der Waals surface area contributed by atoms with Gasteiger partial charge in [0, 0.05) is 11.8 Å². The summed E-state index contributed by atoms with van der Waals surface area (Å²) in [6.45, 7) is 0.0632. The van der Waals surface area contributed by atoms with Crippen LogP contribution in [0.5, 0.6) is 0 Å². The molecular formula is C38H34N2O8. The first kappa shape index (κ1) is 32.1. The zero-order valence-corrected chi connectivity index (χ0v) is 25.9. The summed E-state index contributed by atoms with van der Waals surface area (Å²) in [6, 6.07) is 28.9. The zero-order valence-electron chi connectivity index (χ0n) is 25.9. The predicted molar refractivity (Wildman–Crippen MR) is 178 cm³/mol. The molecule has 2 amide bonds. The average molecular weight is 647 g/mol. The van der Waals surface area contributed by atoms with Gasteiger partial charge in [0.05, 0.1) is 0 Å². The van der Waals surface area contributed by atoms with Gasteiger partial charge >= 0.3 is 24.1 Å². The van der Waals surface area contributed by atoms with E-state index in [9.17, 15) is 29.4 Å². The van der Waals surface area contributed by atoms with Crippen molar-refractivity contribution in [2.24, 2.45) is 0 Å². The molecule has 2 aliphatic carbocycles. The van der Waals surface area contributed by atoms with Gasteiger partial charge in [-0.15, -0.1) is 0 Å². The Hall–Kier alpha value is -5.90. The van der Waals surface area contributed by atoms with E-state index in [1.54, 1.807) is 0 Å². The number of benzene rings is 4. The topological polar surface area (TPSA) is 151 Å². The van der Waals surface area contributed by atoms with Gasteiger partial charge in [-0.2, -0.15) is 0 Å². The normalized spacial score (nSPS) is 14.2. The Labute approximate surface area is 277 Å². The number of rotatable bonds is 12. The van der Waals surface area contributed by atoms with Crippen LogP contribution in [0.2, 0.25) is 0 Å². The fraction of sp³-hybridized carbons (Fsp3) is 0.211. The van der Waals surface area contributed by atoms with Crippen molar-refractivity contribution in [3.63, 3.8) is 0 Å². The van der Waals surface area contributed by atoms with Crippen LogP contribution in [0.3, 0.4) is 0 Å². The zero-order chi connectivity index (χ0) is 33.6. The van der Waals surface area contributed by atoms with Crippen molar-refractivity contribution in [1.29, 1.82) is 0 Å². The Bertz CT molecular complexity index is 1660. The highest BCUT2D eigenvalue weighted by molar-refractivity contribution is 5.82. The maximum atomic E-state index is 12.6. The fourth-order valence-electron chi connectivity index (χ4n) is 6.47. The molecule has 2 aliphatic rings. The molecule has 10 heteroatoms. The van der Waals surface area contributed by atoms with Crippen LogP contribution < -0.4 is 10.6 Å². The van der Waals surface area contributed by atoms with Crippen molar-refractivity contribution >= 4 is 24.1 Å². The van der Waals surface area contributed by atoms with Gasteiger partial charge in [0.2, 0.25) is 0 Å². The minimum Gasteiger partial charge on any atom is -0.480 e. The second-order valence-electron chi connectivity index (χ2n) is 11.7. The maximum Gasteiger partial charge on any atom is 0.407 e. The molecule has 0 bridgehead atoms. The number of ether oxygens (including phenoxy) is 2. The van der Waals surface area contributed by atoms with Gasteiger partial charge in [-0.3, -0.25) is 0 Å². The van der Waals surface area contributed by atoms with Crippen LogP contribution >= 0.6 is 0 Å². The number of hydrogen-bond donors (Lipinski definition) is 4. The van der Waals surface area contributed by atoms with Gasteiger partial charge in [0.1, 0.15) is 25.3 Å². The largest absolute Gasteiger partial charge is 0.480 e. The third-order valence-corrected chi connectivity index (χ3v) is 8.78. The average Bonchev–Trinajstić information content (AvgIpc) is 3.59. The van der Waals surface area contributed by atoms with Crippen molar-refractivity contribution in [2.75, 3.05) is 13.2 Å². The Balaban J connectivity index is 0.985. The summed E-state index contributed by atoms with van der Waals surface area (Å²) in [6.07, 6.45) is 0.875. The molecule has 4 aromatic carbocycles. The van der Waals surface area contributed by atoms with Crippen molar-refractivity contribution < 1.29 is 38.9 Å². The lowest BCUT2D eigenvalue weighted by Crippen LogP contribution is -2.41. The number of carboxylic acids is 2. The molecule has 2 atom stereocenters. The first-order chi connectivity index (χ1) is 23.3. The molecule has 10 nitrogen and oxygen atoms in total. The summed E-state index contributed by atoms with van der Waals surface area (Å²) in [7, 11) is 0. The van der Waals surface area contributed by atoms with Gasteiger partial charge < -0.3 is 30.3 Å². The van der Waals surface area contributed by atoms with Crippen molar-refractivity contribution in [1.82, 2.24) is 10.6 Å².